The molecule has 7 nitrogen and oxygen atoms in total. The molecular formula is C20H25N3O4. The fourth-order valence-electron chi connectivity index (χ4n) is 2.51. The van der Waals surface area contributed by atoms with Crippen LogP contribution in [0.15, 0.2) is 42.5 Å². The number of nitro benzene ring substituents is 1. The van der Waals surface area contributed by atoms with Gasteiger partial charge in [-0.15, -0.1) is 0 Å². The van der Waals surface area contributed by atoms with Crippen molar-refractivity contribution in [2.24, 2.45) is 0 Å². The molecule has 2 aromatic carbocycles. The molecule has 2 N–H and O–H groups in total. The van der Waals surface area contributed by atoms with Gasteiger partial charge in [-0.25, -0.2) is 0 Å². The smallest absolute Gasteiger partial charge is 0.293 e. The highest BCUT2D eigenvalue weighted by Gasteiger charge is 2.17. The molecule has 0 aliphatic carbocycles. The Bertz CT molecular complexity index is 806. The zero-order chi connectivity index (χ0) is 19.8. The Labute approximate surface area is 158 Å². The van der Waals surface area contributed by atoms with Crippen molar-refractivity contribution in [3.05, 3.63) is 63.7 Å². The highest BCUT2D eigenvalue weighted by molar-refractivity contribution is 5.95. The van der Waals surface area contributed by atoms with Crippen molar-refractivity contribution in [2.75, 3.05) is 18.5 Å². The van der Waals surface area contributed by atoms with Crippen LogP contribution in [-0.4, -0.2) is 30.0 Å². The molecule has 0 aliphatic heterocycles. The first kappa shape index (κ1) is 20.2. The second-order valence-corrected chi connectivity index (χ2v) is 6.56. The van der Waals surface area contributed by atoms with Crippen molar-refractivity contribution in [3.63, 3.8) is 0 Å². The van der Waals surface area contributed by atoms with Gasteiger partial charge >= 0.3 is 0 Å². The lowest BCUT2D eigenvalue weighted by atomic mass is 10.1. The summed E-state index contributed by atoms with van der Waals surface area (Å²) >= 11 is 0. The maximum Gasteiger partial charge on any atom is 0.293 e. The van der Waals surface area contributed by atoms with Crippen molar-refractivity contribution < 1.29 is 14.5 Å². The Hall–Kier alpha value is -3.09. The molecule has 0 spiro atoms. The van der Waals surface area contributed by atoms with Crippen LogP contribution in [0.5, 0.6) is 5.75 Å². The highest BCUT2D eigenvalue weighted by Crippen LogP contribution is 2.25. The second-order valence-electron chi connectivity index (χ2n) is 6.56. The number of nitro groups is 1. The Morgan fingerprint density at radius 3 is 2.67 bits per heavy atom. The number of carbonyl (C=O) groups is 1. The van der Waals surface area contributed by atoms with Gasteiger partial charge in [-0.2, -0.15) is 0 Å². The third-order valence-corrected chi connectivity index (χ3v) is 3.77. The van der Waals surface area contributed by atoms with E-state index in [0.717, 1.165) is 11.3 Å². The quantitative estimate of drug-likeness (QED) is 0.396. The van der Waals surface area contributed by atoms with Gasteiger partial charge in [0.05, 0.1) is 11.5 Å². The minimum Gasteiger partial charge on any atom is -0.494 e. The van der Waals surface area contributed by atoms with Crippen molar-refractivity contribution in [3.8, 4) is 5.75 Å². The van der Waals surface area contributed by atoms with Gasteiger partial charge in [0.15, 0.2) is 0 Å². The average molecular weight is 371 g/mol. The highest BCUT2D eigenvalue weighted by atomic mass is 16.6. The van der Waals surface area contributed by atoms with Crippen LogP contribution in [0.25, 0.3) is 0 Å². The summed E-state index contributed by atoms with van der Waals surface area (Å²) in [5.74, 6) is 0.479. The number of nitrogens with one attached hydrogen (secondary N) is 2. The van der Waals surface area contributed by atoms with E-state index in [1.807, 2.05) is 45.0 Å². The molecule has 0 aromatic heterocycles. The first-order valence-electron chi connectivity index (χ1n) is 8.89. The summed E-state index contributed by atoms with van der Waals surface area (Å²) < 4.78 is 5.66. The molecule has 0 radical (unpaired) electrons. The fraction of sp³-hybridized carbons (Fsp3) is 0.350. The normalized spacial score (nSPS) is 10.5. The van der Waals surface area contributed by atoms with Gasteiger partial charge in [0.1, 0.15) is 11.4 Å². The van der Waals surface area contributed by atoms with E-state index in [0.29, 0.717) is 25.3 Å². The number of anilines is 1. The van der Waals surface area contributed by atoms with E-state index in [1.54, 1.807) is 12.1 Å². The van der Waals surface area contributed by atoms with Crippen molar-refractivity contribution in [2.45, 2.75) is 33.2 Å². The predicted octanol–water partition coefficient (Wildman–Crippen LogP) is 3.92. The van der Waals surface area contributed by atoms with Gasteiger partial charge in [0.2, 0.25) is 0 Å². The molecule has 0 aliphatic rings. The van der Waals surface area contributed by atoms with Gasteiger partial charge in [-0.1, -0.05) is 12.1 Å². The largest absolute Gasteiger partial charge is 0.494 e. The first-order valence-corrected chi connectivity index (χ1v) is 8.89. The lowest BCUT2D eigenvalue weighted by molar-refractivity contribution is -0.384. The summed E-state index contributed by atoms with van der Waals surface area (Å²) in [6, 6.07) is 12.2. The number of rotatable bonds is 9. The van der Waals surface area contributed by atoms with Crippen LogP contribution < -0.4 is 15.4 Å². The molecule has 0 saturated heterocycles. The molecular weight excluding hydrogens is 346 g/mol. The molecule has 144 valence electrons. The SMILES string of the molecule is Cc1cccc(OCCCNc2ccc(C(=O)NC(C)C)cc2[N+](=O)[O-])c1. The molecule has 2 aromatic rings. The van der Waals surface area contributed by atoms with Crippen LogP contribution in [0.1, 0.15) is 36.2 Å². The lowest BCUT2D eigenvalue weighted by Gasteiger charge is -2.11. The number of hydrogen-bond donors (Lipinski definition) is 2. The lowest BCUT2D eigenvalue weighted by Crippen LogP contribution is -2.30. The van der Waals surface area contributed by atoms with Crippen LogP contribution in [-0.2, 0) is 0 Å². The van der Waals surface area contributed by atoms with Crippen LogP contribution in [0.4, 0.5) is 11.4 Å². The summed E-state index contributed by atoms with van der Waals surface area (Å²) in [5.41, 5.74) is 1.66. The fourth-order valence-corrected chi connectivity index (χ4v) is 2.51. The molecule has 0 atom stereocenters. The Kier molecular flexibility index (Phi) is 7.16. The van der Waals surface area contributed by atoms with Crippen molar-refractivity contribution in [1.82, 2.24) is 5.32 Å². The van der Waals surface area contributed by atoms with Gasteiger partial charge in [-0.05, 0) is 57.0 Å². The van der Waals surface area contributed by atoms with Gasteiger partial charge in [-0.3, -0.25) is 14.9 Å². The minimum atomic E-state index is -0.488. The monoisotopic (exact) mass is 371 g/mol. The van der Waals surface area contributed by atoms with Crippen LogP contribution >= 0.6 is 0 Å². The topological polar surface area (TPSA) is 93.5 Å². The molecule has 0 saturated carbocycles. The molecule has 0 unspecified atom stereocenters. The van der Waals surface area contributed by atoms with Gasteiger partial charge < -0.3 is 15.4 Å². The van der Waals surface area contributed by atoms with E-state index in [4.69, 9.17) is 4.74 Å². The van der Waals surface area contributed by atoms with Crippen LogP contribution in [0, 0.1) is 17.0 Å². The number of benzene rings is 2. The minimum absolute atomic E-state index is 0.0391. The third-order valence-electron chi connectivity index (χ3n) is 3.77. The zero-order valence-corrected chi connectivity index (χ0v) is 15.8. The summed E-state index contributed by atoms with van der Waals surface area (Å²) in [6.07, 6.45) is 0.681. The second kappa shape index (κ2) is 9.56. The summed E-state index contributed by atoms with van der Waals surface area (Å²) in [5, 5.41) is 17.1. The molecule has 1 amide bonds. The summed E-state index contributed by atoms with van der Waals surface area (Å²) in [6.45, 7) is 6.68. The molecule has 0 bridgehead atoms. The van der Waals surface area contributed by atoms with E-state index in [-0.39, 0.29) is 23.2 Å². The molecule has 0 heterocycles. The van der Waals surface area contributed by atoms with Gasteiger partial charge in [0, 0.05) is 24.2 Å². The van der Waals surface area contributed by atoms with Crippen molar-refractivity contribution in [1.29, 1.82) is 0 Å². The van der Waals surface area contributed by atoms with E-state index in [9.17, 15) is 14.9 Å². The van der Waals surface area contributed by atoms with E-state index in [1.165, 1.54) is 6.07 Å². The molecule has 2 rings (SSSR count). The maximum atomic E-state index is 12.0. The third kappa shape index (κ3) is 6.29. The predicted molar refractivity (Wildman–Crippen MR) is 105 cm³/mol. The maximum absolute atomic E-state index is 12.0. The van der Waals surface area contributed by atoms with E-state index in [2.05, 4.69) is 10.6 Å². The van der Waals surface area contributed by atoms with Crippen LogP contribution in [0.2, 0.25) is 0 Å². The molecule has 0 fully saturated rings. The summed E-state index contributed by atoms with van der Waals surface area (Å²) in [4.78, 5) is 22.9. The Balaban J connectivity index is 1.91. The molecule has 27 heavy (non-hydrogen) atoms. The number of ether oxygens (including phenoxy) is 1. The standard InChI is InChI=1S/C20H25N3O4/c1-14(2)22-20(24)16-8-9-18(19(13-16)23(25)26)21-10-5-11-27-17-7-4-6-15(3)12-17/h4,6-9,12-14,21H,5,10-11H2,1-3H3,(H,22,24). The van der Waals surface area contributed by atoms with E-state index >= 15 is 0 Å². The van der Waals surface area contributed by atoms with E-state index < -0.39 is 4.92 Å². The number of hydrogen-bond acceptors (Lipinski definition) is 5. The Morgan fingerprint density at radius 1 is 1.22 bits per heavy atom. The number of carbonyl (C=O) groups excluding carboxylic acids is 1. The first-order chi connectivity index (χ1) is 12.9. The summed E-state index contributed by atoms with van der Waals surface area (Å²) in [7, 11) is 0. The number of amides is 1. The number of nitrogens with zero attached hydrogens (tertiary/aromatic N) is 1. The number of aryl methyl sites for hydroxylation is 1. The average Bonchev–Trinajstić information content (AvgIpc) is 2.60. The zero-order valence-electron chi connectivity index (χ0n) is 15.8. The van der Waals surface area contributed by atoms with Gasteiger partial charge in [0.25, 0.3) is 11.6 Å². The Morgan fingerprint density at radius 2 is 2.00 bits per heavy atom. The van der Waals surface area contributed by atoms with Crippen molar-refractivity contribution >= 4 is 17.3 Å². The molecule has 7 heteroatoms. The van der Waals surface area contributed by atoms with Crippen LogP contribution in [0.3, 0.4) is 0 Å².